The van der Waals surface area contributed by atoms with Gasteiger partial charge in [-0.05, 0) is 73.0 Å². The highest BCUT2D eigenvalue weighted by atomic mass is 32.1. The molecule has 116 valence electrons. The molecule has 6 atom stereocenters. The Morgan fingerprint density at radius 1 is 1.25 bits per heavy atom. The molecule has 0 N–H and O–H groups in total. The van der Waals surface area contributed by atoms with Crippen LogP contribution in [-0.2, 0) is 0 Å². The minimum Gasteiger partial charge on any atom is -0.175 e. The predicted octanol–water partition coefficient (Wildman–Crippen LogP) is 5.96. The summed E-state index contributed by atoms with van der Waals surface area (Å²) in [6.07, 6.45) is 11.7. The monoisotopic (exact) mass is 294 g/mol. The lowest BCUT2D eigenvalue weighted by Crippen LogP contribution is -2.33. The molecule has 6 unspecified atom stereocenters. The second-order valence-electron chi connectivity index (χ2n) is 8.86. The minimum atomic E-state index is 0.605. The van der Waals surface area contributed by atoms with Crippen LogP contribution < -0.4 is 0 Å². The molecule has 0 saturated heterocycles. The lowest BCUT2D eigenvalue weighted by molar-refractivity contribution is 0.0996. The van der Waals surface area contributed by atoms with Gasteiger partial charge in [0.25, 0.3) is 0 Å². The molecule has 20 heavy (non-hydrogen) atoms. The number of thiol groups is 1. The van der Waals surface area contributed by atoms with E-state index >= 15 is 0 Å². The Labute approximate surface area is 131 Å². The third-order valence-electron chi connectivity index (χ3n) is 7.46. The molecule has 0 aromatic heterocycles. The van der Waals surface area contributed by atoms with E-state index < -0.39 is 0 Å². The van der Waals surface area contributed by atoms with E-state index in [0.717, 1.165) is 23.7 Å². The van der Waals surface area contributed by atoms with Gasteiger partial charge >= 0.3 is 0 Å². The van der Waals surface area contributed by atoms with Crippen LogP contribution in [0.3, 0.4) is 0 Å². The summed E-state index contributed by atoms with van der Waals surface area (Å²) in [5.74, 6) is 3.75. The van der Waals surface area contributed by atoms with Crippen molar-refractivity contribution in [2.24, 2.45) is 34.5 Å². The summed E-state index contributed by atoms with van der Waals surface area (Å²) in [7, 11) is 0. The van der Waals surface area contributed by atoms with E-state index in [9.17, 15) is 0 Å². The van der Waals surface area contributed by atoms with Gasteiger partial charge in [0.15, 0.2) is 0 Å². The SMILES string of the molecule is CCC1(C)CCC(C)CC2CC21CC(C)C(S)C1CC1. The molecule has 0 spiro atoms. The predicted molar refractivity (Wildman–Crippen MR) is 91.2 cm³/mol. The van der Waals surface area contributed by atoms with Crippen molar-refractivity contribution in [3.05, 3.63) is 0 Å². The maximum Gasteiger partial charge on any atom is 0.00709 e. The zero-order valence-corrected chi connectivity index (χ0v) is 14.9. The molecule has 0 bridgehead atoms. The second-order valence-corrected chi connectivity index (χ2v) is 9.46. The fraction of sp³-hybridized carbons (Fsp3) is 1.00. The van der Waals surface area contributed by atoms with Crippen LogP contribution in [0, 0.1) is 34.5 Å². The fourth-order valence-corrected chi connectivity index (χ4v) is 5.87. The van der Waals surface area contributed by atoms with Crippen LogP contribution in [0.25, 0.3) is 0 Å². The fourth-order valence-electron chi connectivity index (χ4n) is 5.47. The molecular formula is C19H34S. The summed E-state index contributed by atoms with van der Waals surface area (Å²) in [5, 5.41) is 0.674. The van der Waals surface area contributed by atoms with Crippen molar-refractivity contribution in [1.82, 2.24) is 0 Å². The van der Waals surface area contributed by atoms with Crippen LogP contribution in [0.15, 0.2) is 0 Å². The first-order chi connectivity index (χ1) is 9.42. The maximum absolute atomic E-state index is 4.97. The summed E-state index contributed by atoms with van der Waals surface area (Å²) in [4.78, 5) is 0. The Morgan fingerprint density at radius 3 is 2.55 bits per heavy atom. The molecule has 3 saturated carbocycles. The third kappa shape index (κ3) is 2.46. The molecule has 1 heteroatoms. The molecule has 3 aliphatic carbocycles. The van der Waals surface area contributed by atoms with Gasteiger partial charge in [-0.3, -0.25) is 0 Å². The summed E-state index contributed by atoms with van der Waals surface area (Å²) in [5.41, 5.74) is 1.29. The Hall–Kier alpha value is 0.350. The van der Waals surface area contributed by atoms with Gasteiger partial charge in [-0.15, -0.1) is 0 Å². The van der Waals surface area contributed by atoms with E-state index in [2.05, 4.69) is 27.7 Å². The summed E-state index contributed by atoms with van der Waals surface area (Å²) >= 11 is 4.97. The smallest absolute Gasteiger partial charge is 0.00709 e. The first-order valence-electron chi connectivity index (χ1n) is 9.10. The lowest BCUT2D eigenvalue weighted by atomic mass is 9.65. The van der Waals surface area contributed by atoms with E-state index in [4.69, 9.17) is 12.6 Å². The van der Waals surface area contributed by atoms with Gasteiger partial charge < -0.3 is 0 Å². The first-order valence-corrected chi connectivity index (χ1v) is 9.61. The highest BCUT2D eigenvalue weighted by Gasteiger charge is 2.64. The number of rotatable bonds is 5. The van der Waals surface area contributed by atoms with Gasteiger partial charge in [0, 0.05) is 5.25 Å². The normalized spacial score (nSPS) is 47.2. The van der Waals surface area contributed by atoms with Gasteiger partial charge in [-0.2, -0.15) is 12.6 Å². The van der Waals surface area contributed by atoms with Crippen molar-refractivity contribution >= 4 is 12.6 Å². The van der Waals surface area contributed by atoms with Crippen molar-refractivity contribution in [3.8, 4) is 0 Å². The van der Waals surface area contributed by atoms with E-state index in [-0.39, 0.29) is 0 Å². The van der Waals surface area contributed by atoms with Gasteiger partial charge in [-0.1, -0.05) is 40.5 Å². The molecule has 3 rings (SSSR count). The second kappa shape index (κ2) is 5.21. The van der Waals surface area contributed by atoms with Crippen molar-refractivity contribution < 1.29 is 0 Å². The van der Waals surface area contributed by atoms with Gasteiger partial charge in [0.05, 0.1) is 0 Å². The lowest BCUT2D eigenvalue weighted by Gasteiger charge is -2.40. The van der Waals surface area contributed by atoms with Gasteiger partial charge in [0.1, 0.15) is 0 Å². The number of fused-ring (bicyclic) bond motifs is 1. The number of hydrogen-bond acceptors (Lipinski definition) is 1. The Morgan fingerprint density at radius 2 is 1.95 bits per heavy atom. The van der Waals surface area contributed by atoms with Crippen LogP contribution in [0.4, 0.5) is 0 Å². The Kier molecular flexibility index (Phi) is 3.98. The number of hydrogen-bond donors (Lipinski definition) is 1. The molecule has 0 heterocycles. The van der Waals surface area contributed by atoms with Crippen LogP contribution in [0.1, 0.15) is 79.1 Å². The summed E-state index contributed by atoms with van der Waals surface area (Å²) in [6, 6.07) is 0. The Bertz CT molecular complexity index is 361. The van der Waals surface area contributed by atoms with E-state index in [1.807, 2.05) is 0 Å². The molecule has 3 fully saturated rings. The Balaban J connectivity index is 1.74. The zero-order valence-electron chi connectivity index (χ0n) is 14.0. The zero-order chi connectivity index (χ0) is 14.5. The van der Waals surface area contributed by atoms with Crippen LogP contribution in [-0.4, -0.2) is 5.25 Å². The third-order valence-corrected chi connectivity index (χ3v) is 8.39. The highest BCUT2D eigenvalue weighted by Crippen LogP contribution is 2.72. The van der Waals surface area contributed by atoms with Gasteiger partial charge in [-0.25, -0.2) is 0 Å². The quantitative estimate of drug-likeness (QED) is 0.594. The van der Waals surface area contributed by atoms with E-state index in [1.165, 1.54) is 51.4 Å². The van der Waals surface area contributed by atoms with Crippen LogP contribution in [0.5, 0.6) is 0 Å². The standard InChI is InChI=1S/C19H34S/c1-5-18(4)9-8-13(2)10-16-12-19(16,18)11-14(3)17(20)15-6-7-15/h13-17,20H,5-12H2,1-4H3. The van der Waals surface area contributed by atoms with Crippen molar-refractivity contribution in [1.29, 1.82) is 0 Å². The van der Waals surface area contributed by atoms with Crippen molar-refractivity contribution in [2.45, 2.75) is 84.3 Å². The molecule has 0 aromatic rings. The largest absolute Gasteiger partial charge is 0.175 e. The molecule has 3 aliphatic rings. The van der Waals surface area contributed by atoms with Crippen molar-refractivity contribution in [2.75, 3.05) is 0 Å². The first kappa shape index (κ1) is 15.3. The van der Waals surface area contributed by atoms with Gasteiger partial charge in [0.2, 0.25) is 0 Å². The summed E-state index contributed by atoms with van der Waals surface area (Å²) < 4.78 is 0. The molecule has 0 amide bonds. The average molecular weight is 295 g/mol. The minimum absolute atomic E-state index is 0.605. The molecule has 0 aromatic carbocycles. The van der Waals surface area contributed by atoms with Crippen LogP contribution >= 0.6 is 12.6 Å². The average Bonchev–Trinajstić information content (AvgIpc) is 3.30. The summed E-state index contributed by atoms with van der Waals surface area (Å²) in [6.45, 7) is 10.0. The van der Waals surface area contributed by atoms with Crippen molar-refractivity contribution in [3.63, 3.8) is 0 Å². The van der Waals surface area contributed by atoms with Crippen LogP contribution in [0.2, 0.25) is 0 Å². The molecular weight excluding hydrogens is 260 g/mol. The molecule has 0 nitrogen and oxygen atoms in total. The molecule has 0 radical (unpaired) electrons. The van der Waals surface area contributed by atoms with E-state index in [1.54, 1.807) is 0 Å². The topological polar surface area (TPSA) is 0 Å². The van der Waals surface area contributed by atoms with E-state index in [0.29, 0.717) is 16.1 Å². The molecule has 0 aliphatic heterocycles. The maximum atomic E-state index is 4.97. The highest BCUT2D eigenvalue weighted by molar-refractivity contribution is 7.81.